The van der Waals surface area contributed by atoms with Crippen molar-refractivity contribution in [3.63, 3.8) is 0 Å². The molecule has 0 radical (unpaired) electrons. The lowest BCUT2D eigenvalue weighted by Gasteiger charge is -2.48. The van der Waals surface area contributed by atoms with E-state index in [4.69, 9.17) is 4.74 Å². The number of benzene rings is 1. The van der Waals surface area contributed by atoms with E-state index in [1.807, 2.05) is 0 Å². The van der Waals surface area contributed by atoms with Crippen molar-refractivity contribution < 1.29 is 45.9 Å². The topological polar surface area (TPSA) is 135 Å². The van der Waals surface area contributed by atoms with E-state index < -0.39 is 65.2 Å². The molecule has 16 heteroatoms. The maximum atomic E-state index is 15.8. The molecule has 7 rings (SSSR count). The fraction of sp³-hybridized carbons (Fsp3) is 0.667. The zero-order chi connectivity index (χ0) is 39.6. The fourth-order valence-electron chi connectivity index (χ4n) is 8.55. The summed E-state index contributed by atoms with van der Waals surface area (Å²) in [5.41, 5.74) is -0.553. The maximum absolute atomic E-state index is 15.8. The molecule has 5 aliphatic rings. The number of alkyl halides is 4. The van der Waals surface area contributed by atoms with Gasteiger partial charge in [0.15, 0.2) is 0 Å². The van der Waals surface area contributed by atoms with Gasteiger partial charge < -0.3 is 25.6 Å². The van der Waals surface area contributed by atoms with Gasteiger partial charge in [0.25, 0.3) is 5.91 Å². The minimum absolute atomic E-state index is 0.0185. The monoisotopic (exact) mass is 778 g/mol. The number of ether oxygens (including phenoxy) is 1. The Balaban J connectivity index is 0.00000166. The Morgan fingerprint density at radius 2 is 1.67 bits per heavy atom. The normalized spacial score (nSPS) is 24.1. The number of halogens is 5. The molecule has 3 unspecified atom stereocenters. The van der Waals surface area contributed by atoms with E-state index in [0.717, 1.165) is 12.8 Å². The van der Waals surface area contributed by atoms with Crippen LogP contribution in [-0.2, 0) is 31.1 Å². The molecule has 2 aliphatic heterocycles. The summed E-state index contributed by atoms with van der Waals surface area (Å²) < 4.78 is 78.4. The molecule has 3 heterocycles. The third-order valence-electron chi connectivity index (χ3n) is 11.9. The van der Waals surface area contributed by atoms with Crippen molar-refractivity contribution in [1.82, 2.24) is 25.3 Å². The van der Waals surface area contributed by atoms with E-state index in [-0.39, 0.29) is 61.4 Å². The van der Waals surface area contributed by atoms with Crippen LogP contribution in [-0.4, -0.2) is 89.0 Å². The number of rotatable bonds is 12. The Bertz CT molecular complexity index is 1710. The number of carbonyl (C=O) groups is 4. The standard InChI is InChI=1S/C36H43F5N6O5.C3H8/c37-25-14-24(34(7-8-34)29(42-21-48)32(51)46-12-9-33(10-13-46)19-52-20-33)3-4-26(25)44-31(50)28(23-2-1-6-35(38,39)17-23)45-30(49)27-5-11-43-47(27)18-22-15-36(40,41)16-22;1-3-2/h3-5,11,14,21-23,28-29H,1-2,6-10,12-13,15-20H2,(H,42,48)(H,44,50)(H,45,49);3H2,1-2H3. The highest BCUT2D eigenvalue weighted by Gasteiger charge is 2.56. The Morgan fingerprint density at radius 3 is 2.24 bits per heavy atom. The molecular formula is C39H51F5N6O5. The zero-order valence-electron chi connectivity index (χ0n) is 31.4. The molecule has 2 saturated heterocycles. The molecule has 1 aromatic carbocycles. The number of likely N-dealkylation sites (tertiary alicyclic amines) is 1. The SMILES string of the molecule is CCC.O=CNC(C(=O)N1CCC2(CC1)COC2)C1(c2ccc(NC(=O)C(NC(=O)c3ccnn3CC3CC(F)(F)C3)C3CCCC(F)(F)C3)c(F)c2)CC1. The van der Waals surface area contributed by atoms with Crippen molar-refractivity contribution in [2.24, 2.45) is 17.3 Å². The van der Waals surface area contributed by atoms with E-state index in [1.54, 1.807) is 11.0 Å². The molecule has 3 saturated carbocycles. The number of anilines is 1. The Morgan fingerprint density at radius 1 is 0.982 bits per heavy atom. The summed E-state index contributed by atoms with van der Waals surface area (Å²) in [6, 6.07) is 3.06. The lowest BCUT2D eigenvalue weighted by molar-refractivity contribution is -0.155. The van der Waals surface area contributed by atoms with Crippen molar-refractivity contribution >= 4 is 29.8 Å². The maximum Gasteiger partial charge on any atom is 0.270 e. The largest absolute Gasteiger partial charge is 0.380 e. The fourth-order valence-corrected chi connectivity index (χ4v) is 8.55. The first kappa shape index (κ1) is 40.6. The molecule has 1 aromatic heterocycles. The van der Waals surface area contributed by atoms with E-state index in [9.17, 15) is 36.7 Å². The zero-order valence-corrected chi connectivity index (χ0v) is 31.4. The van der Waals surface area contributed by atoms with Crippen LogP contribution in [0.3, 0.4) is 0 Å². The molecule has 5 fully saturated rings. The highest BCUT2D eigenvalue weighted by molar-refractivity contribution is 6.00. The predicted octanol–water partition coefficient (Wildman–Crippen LogP) is 5.83. The van der Waals surface area contributed by atoms with Crippen LogP contribution >= 0.6 is 0 Å². The van der Waals surface area contributed by atoms with E-state index in [2.05, 4.69) is 34.9 Å². The van der Waals surface area contributed by atoms with Gasteiger partial charge >= 0.3 is 0 Å². The first-order chi connectivity index (χ1) is 26.1. The number of piperidine rings is 1. The molecule has 302 valence electrons. The summed E-state index contributed by atoms with van der Waals surface area (Å²) in [6.07, 6.45) is 4.27. The summed E-state index contributed by atoms with van der Waals surface area (Å²) >= 11 is 0. The highest BCUT2D eigenvalue weighted by Crippen LogP contribution is 2.52. The van der Waals surface area contributed by atoms with Gasteiger partial charge in [0.1, 0.15) is 23.6 Å². The average Bonchev–Trinajstić information content (AvgIpc) is 3.78. The minimum atomic E-state index is -3.07. The third kappa shape index (κ3) is 8.99. The average molecular weight is 779 g/mol. The first-order valence-corrected chi connectivity index (χ1v) is 19.4. The summed E-state index contributed by atoms with van der Waals surface area (Å²) in [4.78, 5) is 54.3. The molecule has 2 aromatic rings. The molecule has 3 aliphatic carbocycles. The third-order valence-corrected chi connectivity index (χ3v) is 11.9. The van der Waals surface area contributed by atoms with Crippen molar-refractivity contribution in [1.29, 1.82) is 0 Å². The minimum Gasteiger partial charge on any atom is -0.380 e. The Kier molecular flexibility index (Phi) is 11.9. The second-order valence-corrected chi connectivity index (χ2v) is 16.3. The number of nitrogens with one attached hydrogen (secondary N) is 3. The van der Waals surface area contributed by atoms with Crippen LogP contribution in [0.5, 0.6) is 0 Å². The van der Waals surface area contributed by atoms with E-state index in [1.165, 1.54) is 35.5 Å². The van der Waals surface area contributed by atoms with Crippen LogP contribution in [0.25, 0.3) is 0 Å². The smallest absolute Gasteiger partial charge is 0.270 e. The van der Waals surface area contributed by atoms with Gasteiger partial charge in [-0.15, -0.1) is 0 Å². The van der Waals surface area contributed by atoms with Gasteiger partial charge in [-0.2, -0.15) is 5.10 Å². The molecule has 1 spiro atoms. The van der Waals surface area contributed by atoms with Gasteiger partial charge in [0, 0.05) is 62.3 Å². The van der Waals surface area contributed by atoms with Crippen LogP contribution in [0.15, 0.2) is 30.5 Å². The summed E-state index contributed by atoms with van der Waals surface area (Å²) in [6.45, 7) is 6.71. The van der Waals surface area contributed by atoms with E-state index in [0.29, 0.717) is 51.1 Å². The van der Waals surface area contributed by atoms with Crippen molar-refractivity contribution in [2.75, 3.05) is 31.6 Å². The number of hydrogen-bond acceptors (Lipinski definition) is 6. The van der Waals surface area contributed by atoms with Gasteiger partial charge in [0.05, 0.1) is 18.9 Å². The summed E-state index contributed by atoms with van der Waals surface area (Å²) in [5, 5.41) is 11.8. The first-order valence-electron chi connectivity index (χ1n) is 19.4. The van der Waals surface area contributed by atoms with Crippen molar-refractivity contribution in [3.8, 4) is 0 Å². The second kappa shape index (κ2) is 16.2. The van der Waals surface area contributed by atoms with Crippen LogP contribution in [0.1, 0.15) is 101 Å². The van der Waals surface area contributed by atoms with Crippen LogP contribution in [0, 0.1) is 23.1 Å². The second-order valence-electron chi connectivity index (χ2n) is 16.3. The lowest BCUT2D eigenvalue weighted by atomic mass is 9.76. The molecule has 3 atom stereocenters. The molecule has 11 nitrogen and oxygen atoms in total. The van der Waals surface area contributed by atoms with E-state index >= 15 is 4.39 Å². The van der Waals surface area contributed by atoms with Gasteiger partial charge in [0.2, 0.25) is 30.1 Å². The number of carbonyl (C=O) groups excluding carboxylic acids is 4. The van der Waals surface area contributed by atoms with Crippen molar-refractivity contribution in [2.45, 2.75) is 120 Å². The molecule has 0 bridgehead atoms. The number of aromatic nitrogens is 2. The summed E-state index contributed by atoms with van der Waals surface area (Å²) in [7, 11) is 0. The predicted molar refractivity (Wildman–Crippen MR) is 192 cm³/mol. The highest BCUT2D eigenvalue weighted by atomic mass is 19.3. The quantitative estimate of drug-likeness (QED) is 0.184. The Hall–Kier alpha value is -4.08. The van der Waals surface area contributed by atoms with Crippen LogP contribution in [0.2, 0.25) is 0 Å². The number of hydrogen-bond donors (Lipinski definition) is 3. The van der Waals surface area contributed by atoms with Crippen LogP contribution in [0.4, 0.5) is 27.6 Å². The molecule has 4 amide bonds. The Labute approximate surface area is 317 Å². The van der Waals surface area contributed by atoms with Crippen molar-refractivity contribution in [3.05, 3.63) is 47.5 Å². The summed E-state index contributed by atoms with van der Waals surface area (Å²) in [5.74, 6) is -10.00. The molecule has 3 N–H and O–H groups in total. The molecule has 55 heavy (non-hydrogen) atoms. The molecular weight excluding hydrogens is 727 g/mol. The number of amides is 4. The van der Waals surface area contributed by atoms with Gasteiger partial charge in [-0.1, -0.05) is 26.3 Å². The lowest BCUT2D eigenvalue weighted by Crippen LogP contribution is -2.57. The van der Waals surface area contributed by atoms with Crippen LogP contribution < -0.4 is 16.0 Å². The van der Waals surface area contributed by atoms with Gasteiger partial charge in [-0.25, -0.2) is 22.0 Å². The van der Waals surface area contributed by atoms with Gasteiger partial charge in [-0.05, 0) is 74.1 Å². The van der Waals surface area contributed by atoms with Gasteiger partial charge in [-0.3, -0.25) is 23.9 Å². The number of nitrogens with zero attached hydrogens (tertiary/aromatic N) is 3.